The number of rotatable bonds is 4. The van der Waals surface area contributed by atoms with Crippen LogP contribution in [0.1, 0.15) is 19.8 Å². The summed E-state index contributed by atoms with van der Waals surface area (Å²) in [5, 5.41) is 8.58. The number of aldehydes is 1. The third-order valence-corrected chi connectivity index (χ3v) is 0.975. The summed E-state index contributed by atoms with van der Waals surface area (Å²) in [5.74, 6) is -0.276. The van der Waals surface area contributed by atoms with Gasteiger partial charge in [-0.15, -0.1) is 0 Å². The Hall–Kier alpha value is -0.700. The molecule has 0 aliphatic rings. The summed E-state index contributed by atoms with van der Waals surface area (Å²) in [4.78, 5) is 20.2. The van der Waals surface area contributed by atoms with Crippen LogP contribution in [0.2, 0.25) is 0 Å². The SMILES string of the molecule is CC(O)C(=O)CCC=O. The Labute approximate surface area is 53.7 Å². The molecule has 0 fully saturated rings. The molecule has 0 amide bonds. The average Bonchev–Trinajstić information content (AvgIpc) is 1.82. The lowest BCUT2D eigenvalue weighted by Crippen LogP contribution is -2.15. The lowest BCUT2D eigenvalue weighted by molar-refractivity contribution is -0.127. The first-order valence-electron chi connectivity index (χ1n) is 2.83. The van der Waals surface area contributed by atoms with Crippen molar-refractivity contribution in [2.45, 2.75) is 25.9 Å². The minimum atomic E-state index is -0.926. The number of Topliss-reactive ketones (excluding diaryl/α,β-unsaturated/α-hetero) is 1. The van der Waals surface area contributed by atoms with E-state index in [4.69, 9.17) is 5.11 Å². The molecule has 0 saturated heterocycles. The van der Waals surface area contributed by atoms with E-state index in [0.29, 0.717) is 6.29 Å². The van der Waals surface area contributed by atoms with Crippen molar-refractivity contribution >= 4 is 12.1 Å². The number of ketones is 1. The second kappa shape index (κ2) is 4.21. The van der Waals surface area contributed by atoms with Gasteiger partial charge in [0.2, 0.25) is 0 Å². The van der Waals surface area contributed by atoms with Crippen LogP contribution in [0.4, 0.5) is 0 Å². The zero-order valence-electron chi connectivity index (χ0n) is 5.33. The van der Waals surface area contributed by atoms with Crippen molar-refractivity contribution in [2.75, 3.05) is 0 Å². The number of aliphatic hydroxyl groups is 1. The van der Waals surface area contributed by atoms with E-state index in [1.807, 2.05) is 0 Å². The molecule has 0 radical (unpaired) electrons. The summed E-state index contributed by atoms with van der Waals surface area (Å²) in [7, 11) is 0. The standard InChI is InChI=1S/C6H10O3/c1-5(8)6(9)3-2-4-7/h4-5,8H,2-3H2,1H3. The van der Waals surface area contributed by atoms with Gasteiger partial charge in [-0.05, 0) is 6.92 Å². The zero-order chi connectivity index (χ0) is 7.28. The van der Waals surface area contributed by atoms with Crippen LogP contribution >= 0.6 is 0 Å². The molecule has 0 aromatic heterocycles. The van der Waals surface area contributed by atoms with Crippen molar-refractivity contribution in [2.24, 2.45) is 0 Å². The molecule has 1 N–H and O–H groups in total. The van der Waals surface area contributed by atoms with Crippen LogP contribution < -0.4 is 0 Å². The maximum absolute atomic E-state index is 10.5. The summed E-state index contributed by atoms with van der Waals surface area (Å²) >= 11 is 0. The molecule has 3 heteroatoms. The molecule has 0 aromatic carbocycles. The highest BCUT2D eigenvalue weighted by atomic mass is 16.3. The molecule has 3 nitrogen and oxygen atoms in total. The van der Waals surface area contributed by atoms with Crippen LogP contribution in [0.5, 0.6) is 0 Å². The van der Waals surface area contributed by atoms with Gasteiger partial charge in [-0.1, -0.05) is 0 Å². The molecule has 0 aliphatic carbocycles. The third-order valence-electron chi connectivity index (χ3n) is 0.975. The number of hydrogen-bond acceptors (Lipinski definition) is 3. The van der Waals surface area contributed by atoms with Crippen LogP contribution in [0.25, 0.3) is 0 Å². The third kappa shape index (κ3) is 3.85. The monoisotopic (exact) mass is 130 g/mol. The van der Waals surface area contributed by atoms with Crippen molar-refractivity contribution in [1.82, 2.24) is 0 Å². The molecule has 0 spiro atoms. The van der Waals surface area contributed by atoms with Crippen LogP contribution in [0.3, 0.4) is 0 Å². The van der Waals surface area contributed by atoms with Gasteiger partial charge in [0.15, 0.2) is 5.78 Å². The predicted octanol–water partition coefficient (Wildman–Crippen LogP) is -0.0846. The summed E-state index contributed by atoms with van der Waals surface area (Å²) in [6.45, 7) is 1.40. The van der Waals surface area contributed by atoms with Crippen LogP contribution in [-0.2, 0) is 9.59 Å². The van der Waals surface area contributed by atoms with Gasteiger partial charge < -0.3 is 9.90 Å². The van der Waals surface area contributed by atoms with Gasteiger partial charge in [0.1, 0.15) is 12.4 Å². The largest absolute Gasteiger partial charge is 0.386 e. The lowest BCUT2D eigenvalue weighted by atomic mass is 10.1. The van der Waals surface area contributed by atoms with Crippen LogP contribution in [0.15, 0.2) is 0 Å². The molecule has 0 heterocycles. The first kappa shape index (κ1) is 8.30. The number of hydrogen-bond donors (Lipinski definition) is 1. The maximum Gasteiger partial charge on any atom is 0.161 e. The van der Waals surface area contributed by atoms with Crippen molar-refractivity contribution in [3.63, 3.8) is 0 Å². The number of aliphatic hydroxyl groups excluding tert-OH is 1. The van der Waals surface area contributed by atoms with E-state index in [9.17, 15) is 9.59 Å². The van der Waals surface area contributed by atoms with Crippen molar-refractivity contribution in [3.05, 3.63) is 0 Å². The van der Waals surface area contributed by atoms with Crippen molar-refractivity contribution < 1.29 is 14.7 Å². The molecular formula is C6H10O3. The topological polar surface area (TPSA) is 54.4 Å². The summed E-state index contributed by atoms with van der Waals surface area (Å²) in [6, 6.07) is 0. The molecule has 1 unspecified atom stereocenters. The Kier molecular flexibility index (Phi) is 3.88. The second-order valence-corrected chi connectivity index (χ2v) is 1.85. The molecular weight excluding hydrogens is 120 g/mol. The van der Waals surface area contributed by atoms with E-state index in [2.05, 4.69) is 0 Å². The molecule has 0 aliphatic heterocycles. The molecule has 1 atom stereocenters. The highest BCUT2D eigenvalue weighted by Gasteiger charge is 2.06. The van der Waals surface area contributed by atoms with Gasteiger partial charge in [0.05, 0.1) is 0 Å². The van der Waals surface area contributed by atoms with Crippen molar-refractivity contribution in [1.29, 1.82) is 0 Å². The van der Waals surface area contributed by atoms with Gasteiger partial charge in [-0.25, -0.2) is 0 Å². The Bertz CT molecular complexity index is 107. The Morgan fingerprint density at radius 3 is 2.67 bits per heavy atom. The van der Waals surface area contributed by atoms with E-state index >= 15 is 0 Å². The molecule has 52 valence electrons. The second-order valence-electron chi connectivity index (χ2n) is 1.85. The highest BCUT2D eigenvalue weighted by Crippen LogP contribution is 1.91. The van der Waals surface area contributed by atoms with E-state index < -0.39 is 6.10 Å². The molecule has 0 bridgehead atoms. The van der Waals surface area contributed by atoms with Gasteiger partial charge in [0, 0.05) is 12.8 Å². The van der Waals surface area contributed by atoms with E-state index in [0.717, 1.165) is 0 Å². The van der Waals surface area contributed by atoms with E-state index in [1.165, 1.54) is 6.92 Å². The number of carbonyl (C=O) groups excluding carboxylic acids is 2. The Balaban J connectivity index is 3.38. The van der Waals surface area contributed by atoms with Crippen LogP contribution in [0, 0.1) is 0 Å². The maximum atomic E-state index is 10.5. The molecule has 9 heavy (non-hydrogen) atoms. The first-order valence-corrected chi connectivity index (χ1v) is 2.83. The fourth-order valence-electron chi connectivity index (χ4n) is 0.410. The quantitative estimate of drug-likeness (QED) is 0.541. The Morgan fingerprint density at radius 2 is 2.33 bits per heavy atom. The minimum Gasteiger partial charge on any atom is -0.386 e. The summed E-state index contributed by atoms with van der Waals surface area (Å²) < 4.78 is 0. The van der Waals surface area contributed by atoms with Crippen molar-refractivity contribution in [3.8, 4) is 0 Å². The minimum absolute atomic E-state index is 0.154. The van der Waals surface area contributed by atoms with Crippen LogP contribution in [-0.4, -0.2) is 23.3 Å². The van der Waals surface area contributed by atoms with Gasteiger partial charge >= 0.3 is 0 Å². The van der Waals surface area contributed by atoms with Gasteiger partial charge in [-0.3, -0.25) is 4.79 Å². The summed E-state index contributed by atoms with van der Waals surface area (Å²) in [5.41, 5.74) is 0. The number of carbonyl (C=O) groups is 2. The molecule has 0 rings (SSSR count). The fraction of sp³-hybridized carbons (Fsp3) is 0.667. The van der Waals surface area contributed by atoms with Gasteiger partial charge in [-0.2, -0.15) is 0 Å². The summed E-state index contributed by atoms with van der Waals surface area (Å²) in [6.07, 6.45) is 0.107. The normalized spacial score (nSPS) is 12.7. The fourth-order valence-corrected chi connectivity index (χ4v) is 0.410. The smallest absolute Gasteiger partial charge is 0.161 e. The predicted molar refractivity (Wildman–Crippen MR) is 32.0 cm³/mol. The zero-order valence-corrected chi connectivity index (χ0v) is 5.33. The average molecular weight is 130 g/mol. The van der Waals surface area contributed by atoms with E-state index in [-0.39, 0.29) is 18.6 Å². The Morgan fingerprint density at radius 1 is 1.78 bits per heavy atom. The first-order chi connectivity index (χ1) is 4.18. The van der Waals surface area contributed by atoms with Gasteiger partial charge in [0.25, 0.3) is 0 Å². The molecule has 0 saturated carbocycles. The lowest BCUT2D eigenvalue weighted by Gasteiger charge is -1.97. The molecule has 0 aromatic rings. The highest BCUT2D eigenvalue weighted by molar-refractivity contribution is 5.83. The van der Waals surface area contributed by atoms with E-state index in [1.54, 1.807) is 0 Å².